The second kappa shape index (κ2) is 13.3. The van der Waals surface area contributed by atoms with Gasteiger partial charge in [0.25, 0.3) is 0 Å². The fraction of sp³-hybridized carbons (Fsp3) is 0. The summed E-state index contributed by atoms with van der Waals surface area (Å²) in [5.41, 5.74) is 11.8. The Kier molecular flexibility index (Phi) is 7.27. The van der Waals surface area contributed by atoms with E-state index in [0.717, 1.165) is 88.0 Å². The molecule has 0 bridgehead atoms. The molecular formula is C57H35N7. The Morgan fingerprint density at radius 1 is 0.250 bits per heavy atom. The van der Waals surface area contributed by atoms with Gasteiger partial charge in [-0.3, -0.25) is 9.13 Å². The second-order valence-electron chi connectivity index (χ2n) is 16.4. The van der Waals surface area contributed by atoms with Crippen LogP contribution in [0.25, 0.3) is 122 Å². The highest BCUT2D eigenvalue weighted by molar-refractivity contribution is 6.29. The summed E-state index contributed by atoms with van der Waals surface area (Å²) in [6.07, 6.45) is 0. The van der Waals surface area contributed by atoms with Crippen molar-refractivity contribution in [1.82, 2.24) is 33.2 Å². The molecule has 0 aliphatic rings. The second-order valence-corrected chi connectivity index (χ2v) is 16.4. The van der Waals surface area contributed by atoms with E-state index in [0.29, 0.717) is 17.7 Å². The van der Waals surface area contributed by atoms with Gasteiger partial charge in [0.05, 0.1) is 44.1 Å². The van der Waals surface area contributed by atoms with Gasteiger partial charge in [0.1, 0.15) is 0 Å². The maximum Gasteiger partial charge on any atom is 0.240 e. The average Bonchev–Trinajstić information content (AvgIpc) is 4.10. The lowest BCUT2D eigenvalue weighted by atomic mass is 10.1. The summed E-state index contributed by atoms with van der Waals surface area (Å²) in [7, 11) is 0. The normalized spacial score (nSPS) is 12.1. The van der Waals surface area contributed by atoms with Crippen molar-refractivity contribution >= 4 is 87.2 Å². The minimum Gasteiger partial charge on any atom is -0.309 e. The van der Waals surface area contributed by atoms with Crippen molar-refractivity contribution in [3.05, 3.63) is 212 Å². The third kappa shape index (κ3) is 4.83. The van der Waals surface area contributed by atoms with Gasteiger partial charge in [0.2, 0.25) is 11.9 Å². The van der Waals surface area contributed by atoms with Crippen molar-refractivity contribution in [3.8, 4) is 34.7 Å². The molecule has 0 saturated carbocycles. The van der Waals surface area contributed by atoms with E-state index >= 15 is 0 Å². The molecule has 14 aromatic rings. The highest BCUT2D eigenvalue weighted by Gasteiger charge is 2.26. The summed E-state index contributed by atoms with van der Waals surface area (Å²) in [5.74, 6) is 1.68. The van der Waals surface area contributed by atoms with Gasteiger partial charge in [0.15, 0.2) is 5.82 Å². The van der Waals surface area contributed by atoms with Crippen LogP contribution in [0.3, 0.4) is 0 Å². The fourth-order valence-corrected chi connectivity index (χ4v) is 10.4. The molecule has 0 radical (unpaired) electrons. The smallest absolute Gasteiger partial charge is 0.240 e. The molecule has 7 nitrogen and oxygen atoms in total. The van der Waals surface area contributed by atoms with Crippen molar-refractivity contribution in [1.29, 1.82) is 0 Å². The Labute approximate surface area is 366 Å². The number of benzene rings is 9. The summed E-state index contributed by atoms with van der Waals surface area (Å²) in [5, 5.41) is 9.28. The van der Waals surface area contributed by atoms with E-state index < -0.39 is 0 Å². The summed E-state index contributed by atoms with van der Waals surface area (Å²) in [4.78, 5) is 16.4. The predicted molar refractivity (Wildman–Crippen MR) is 263 cm³/mol. The first-order valence-corrected chi connectivity index (χ1v) is 21.6. The molecule has 298 valence electrons. The van der Waals surface area contributed by atoms with E-state index in [1.165, 1.54) is 16.2 Å². The van der Waals surface area contributed by atoms with E-state index in [9.17, 15) is 0 Å². The van der Waals surface area contributed by atoms with Crippen LogP contribution >= 0.6 is 0 Å². The Balaban J connectivity index is 1.13. The Morgan fingerprint density at radius 3 is 1.20 bits per heavy atom. The number of fused-ring (bicyclic) bond motifs is 14. The molecule has 0 N–H and O–H groups in total. The molecule has 5 heterocycles. The largest absolute Gasteiger partial charge is 0.309 e. The van der Waals surface area contributed by atoms with Crippen LogP contribution in [0.1, 0.15) is 0 Å². The molecule has 5 aromatic heterocycles. The molecule has 0 aliphatic heterocycles. The number of hydrogen-bond acceptors (Lipinski definition) is 3. The Bertz CT molecular complexity index is 4180. The minimum atomic E-state index is 0.542. The van der Waals surface area contributed by atoms with Gasteiger partial charge < -0.3 is 9.13 Å². The Hall–Kier alpha value is -8.81. The van der Waals surface area contributed by atoms with E-state index in [2.05, 4.69) is 212 Å². The van der Waals surface area contributed by atoms with E-state index in [1.54, 1.807) is 0 Å². The SMILES string of the molecule is c1ccc(-c2nc(-n3c4ccccc4c4c5c6ccccc6n(-c6ccccc6)c5ccc43)nc(-n3c4ccccc4c4ccc5c6ccccc6n(-c6ccccc6)c5c43)n2)cc1. The van der Waals surface area contributed by atoms with Crippen LogP contribution in [0.5, 0.6) is 0 Å². The van der Waals surface area contributed by atoms with Crippen molar-refractivity contribution in [3.63, 3.8) is 0 Å². The molecule has 0 amide bonds. The standard InChI is InChI=1S/C57H35N7/c1-4-18-36(19-5-1)55-58-56(63-48-31-17-13-27-44(48)52-50(63)35-34-49-51(52)43-26-12-16-30-47(43)61(49)37-20-6-2-7-21-37)60-57(59-55)64-46-29-15-11-25-40(46)42-33-32-41-39-24-10-14-28-45(39)62(53(41)54(42)64)38-22-8-3-9-23-38/h1-35H. The molecule has 0 spiro atoms. The van der Waals surface area contributed by atoms with Crippen LogP contribution in [0.4, 0.5) is 0 Å². The average molecular weight is 818 g/mol. The lowest BCUT2D eigenvalue weighted by Crippen LogP contribution is -2.10. The maximum absolute atomic E-state index is 5.59. The first-order chi connectivity index (χ1) is 31.8. The first-order valence-electron chi connectivity index (χ1n) is 21.6. The van der Waals surface area contributed by atoms with Gasteiger partial charge in [-0.15, -0.1) is 0 Å². The molecule has 0 unspecified atom stereocenters. The minimum absolute atomic E-state index is 0.542. The van der Waals surface area contributed by atoms with Crippen molar-refractivity contribution in [2.45, 2.75) is 0 Å². The van der Waals surface area contributed by atoms with Crippen molar-refractivity contribution < 1.29 is 0 Å². The highest BCUT2D eigenvalue weighted by atomic mass is 15.3. The van der Waals surface area contributed by atoms with Gasteiger partial charge in [-0.05, 0) is 60.7 Å². The van der Waals surface area contributed by atoms with E-state index in [4.69, 9.17) is 15.0 Å². The zero-order chi connectivity index (χ0) is 41.9. The number of para-hydroxylation sites is 6. The molecule has 64 heavy (non-hydrogen) atoms. The van der Waals surface area contributed by atoms with Crippen molar-refractivity contribution in [2.75, 3.05) is 0 Å². The Morgan fingerprint density at radius 2 is 0.641 bits per heavy atom. The quantitative estimate of drug-likeness (QED) is 0.174. The molecule has 0 atom stereocenters. The lowest BCUT2D eigenvalue weighted by Gasteiger charge is -2.14. The van der Waals surface area contributed by atoms with Crippen LogP contribution in [0.15, 0.2) is 212 Å². The van der Waals surface area contributed by atoms with Gasteiger partial charge in [0, 0.05) is 60.0 Å². The fourth-order valence-electron chi connectivity index (χ4n) is 10.4. The predicted octanol–water partition coefficient (Wildman–Crippen LogP) is 13.9. The monoisotopic (exact) mass is 817 g/mol. The number of aromatic nitrogens is 7. The summed E-state index contributed by atoms with van der Waals surface area (Å²) in [6.45, 7) is 0. The highest BCUT2D eigenvalue weighted by Crippen LogP contribution is 2.44. The van der Waals surface area contributed by atoms with Crippen LogP contribution < -0.4 is 0 Å². The molecule has 0 aliphatic carbocycles. The summed E-state index contributed by atoms with van der Waals surface area (Å²) >= 11 is 0. The van der Waals surface area contributed by atoms with Crippen LogP contribution in [-0.2, 0) is 0 Å². The lowest BCUT2D eigenvalue weighted by molar-refractivity contribution is 0.893. The third-order valence-electron chi connectivity index (χ3n) is 13.0. The molecular weight excluding hydrogens is 783 g/mol. The van der Waals surface area contributed by atoms with Gasteiger partial charge >= 0.3 is 0 Å². The number of nitrogens with zero attached hydrogens (tertiary/aromatic N) is 7. The van der Waals surface area contributed by atoms with Gasteiger partial charge in [-0.25, -0.2) is 0 Å². The summed E-state index contributed by atoms with van der Waals surface area (Å²) in [6, 6.07) is 75.3. The molecule has 0 saturated heterocycles. The topological polar surface area (TPSA) is 58.4 Å². The van der Waals surface area contributed by atoms with Crippen LogP contribution in [0.2, 0.25) is 0 Å². The maximum atomic E-state index is 5.59. The van der Waals surface area contributed by atoms with E-state index in [1.807, 2.05) is 18.2 Å². The number of rotatable bonds is 5. The van der Waals surface area contributed by atoms with Gasteiger partial charge in [-0.2, -0.15) is 15.0 Å². The molecule has 9 aromatic carbocycles. The van der Waals surface area contributed by atoms with Crippen LogP contribution in [0, 0.1) is 0 Å². The van der Waals surface area contributed by atoms with Gasteiger partial charge in [-0.1, -0.05) is 152 Å². The van der Waals surface area contributed by atoms with Crippen LogP contribution in [-0.4, -0.2) is 33.2 Å². The third-order valence-corrected chi connectivity index (χ3v) is 13.0. The zero-order valence-electron chi connectivity index (χ0n) is 34.3. The zero-order valence-corrected chi connectivity index (χ0v) is 34.3. The summed E-state index contributed by atoms with van der Waals surface area (Å²) < 4.78 is 9.28. The molecule has 14 rings (SSSR count). The van der Waals surface area contributed by atoms with Crippen molar-refractivity contribution in [2.24, 2.45) is 0 Å². The molecule has 7 heteroatoms. The number of hydrogen-bond donors (Lipinski definition) is 0. The van der Waals surface area contributed by atoms with E-state index in [-0.39, 0.29) is 0 Å². The molecule has 0 fully saturated rings. The first kappa shape index (κ1) is 34.9.